The second-order valence-corrected chi connectivity index (χ2v) is 6.16. The lowest BCUT2D eigenvalue weighted by Crippen LogP contribution is -2.09. The van der Waals surface area contributed by atoms with Gasteiger partial charge < -0.3 is 14.6 Å². The minimum Gasteiger partial charge on any atom is -0.497 e. The van der Waals surface area contributed by atoms with Crippen LogP contribution in [0.1, 0.15) is 44.7 Å². The summed E-state index contributed by atoms with van der Waals surface area (Å²) in [6.45, 7) is 7.94. The van der Waals surface area contributed by atoms with Gasteiger partial charge in [-0.3, -0.25) is 0 Å². The Morgan fingerprint density at radius 2 is 2.00 bits per heavy atom. The molecule has 116 valence electrons. The molecular weight excluding hydrogens is 264 g/mol. The lowest BCUT2D eigenvalue weighted by Gasteiger charge is -2.18. The molecule has 1 aromatic rings. The maximum absolute atomic E-state index is 8.80. The molecule has 1 N–H and O–H groups in total. The Balaban J connectivity index is 2.71. The van der Waals surface area contributed by atoms with Crippen LogP contribution in [0.4, 0.5) is 0 Å². The van der Waals surface area contributed by atoms with Crippen molar-refractivity contribution in [2.24, 2.45) is 5.41 Å². The Morgan fingerprint density at radius 3 is 2.62 bits per heavy atom. The van der Waals surface area contributed by atoms with Crippen molar-refractivity contribution in [3.63, 3.8) is 0 Å². The number of hydrogen-bond donors (Lipinski definition) is 1. The highest BCUT2D eigenvalue weighted by Gasteiger charge is 2.10. The van der Waals surface area contributed by atoms with Crippen LogP contribution in [0.2, 0.25) is 0 Å². The van der Waals surface area contributed by atoms with E-state index in [1.807, 2.05) is 18.2 Å². The Kier molecular flexibility index (Phi) is 7.28. The van der Waals surface area contributed by atoms with Crippen molar-refractivity contribution in [2.45, 2.75) is 40.2 Å². The molecule has 0 bridgehead atoms. The van der Waals surface area contributed by atoms with E-state index in [2.05, 4.69) is 32.6 Å². The molecule has 0 aliphatic rings. The van der Waals surface area contributed by atoms with Gasteiger partial charge in [0, 0.05) is 18.6 Å². The van der Waals surface area contributed by atoms with Crippen LogP contribution in [-0.4, -0.2) is 25.4 Å². The standard InChI is InChI=1S/C18H26O3/c1-18(2,3)10-12-21-14-16-13-17(20-4)9-8-15(16)7-5-6-11-19/h8-9,13,19H,6,10-12,14H2,1-4H3. The van der Waals surface area contributed by atoms with Gasteiger partial charge in [0.25, 0.3) is 0 Å². The molecule has 0 heterocycles. The summed E-state index contributed by atoms with van der Waals surface area (Å²) in [5.41, 5.74) is 2.23. The van der Waals surface area contributed by atoms with Crippen molar-refractivity contribution < 1.29 is 14.6 Å². The fourth-order valence-electron chi connectivity index (χ4n) is 1.71. The fraction of sp³-hybridized carbons (Fsp3) is 0.556. The molecule has 0 fully saturated rings. The summed E-state index contributed by atoms with van der Waals surface area (Å²) in [5.74, 6) is 6.83. The predicted molar refractivity (Wildman–Crippen MR) is 85.3 cm³/mol. The van der Waals surface area contributed by atoms with E-state index in [1.54, 1.807) is 7.11 Å². The summed E-state index contributed by atoms with van der Waals surface area (Å²) in [7, 11) is 1.65. The summed E-state index contributed by atoms with van der Waals surface area (Å²) in [5, 5.41) is 8.80. The number of aliphatic hydroxyl groups excluding tert-OH is 1. The van der Waals surface area contributed by atoms with E-state index in [0.29, 0.717) is 13.0 Å². The van der Waals surface area contributed by atoms with Crippen LogP contribution in [0.5, 0.6) is 5.75 Å². The van der Waals surface area contributed by atoms with Gasteiger partial charge in [0.05, 0.1) is 20.3 Å². The molecule has 0 amide bonds. The average molecular weight is 290 g/mol. The summed E-state index contributed by atoms with van der Waals surface area (Å²) in [6, 6.07) is 5.79. The van der Waals surface area contributed by atoms with Gasteiger partial charge >= 0.3 is 0 Å². The zero-order valence-electron chi connectivity index (χ0n) is 13.5. The molecule has 0 spiro atoms. The van der Waals surface area contributed by atoms with Gasteiger partial charge in [-0.05, 0) is 35.6 Å². The zero-order chi connectivity index (χ0) is 15.7. The second kappa shape index (κ2) is 8.71. The lowest BCUT2D eigenvalue weighted by atomic mass is 9.93. The van der Waals surface area contributed by atoms with Crippen molar-refractivity contribution >= 4 is 0 Å². The van der Waals surface area contributed by atoms with Crippen LogP contribution in [0.25, 0.3) is 0 Å². The Labute approximate surface area is 128 Å². The van der Waals surface area contributed by atoms with E-state index >= 15 is 0 Å². The Bertz CT molecular complexity index is 489. The first kappa shape index (κ1) is 17.6. The van der Waals surface area contributed by atoms with Crippen molar-refractivity contribution in [3.8, 4) is 17.6 Å². The van der Waals surface area contributed by atoms with Gasteiger partial charge in [-0.2, -0.15) is 0 Å². The summed E-state index contributed by atoms with van der Waals surface area (Å²) in [4.78, 5) is 0. The Morgan fingerprint density at radius 1 is 1.24 bits per heavy atom. The van der Waals surface area contributed by atoms with Gasteiger partial charge in [-0.1, -0.05) is 32.6 Å². The Hall–Kier alpha value is -1.50. The van der Waals surface area contributed by atoms with Crippen molar-refractivity contribution in [3.05, 3.63) is 29.3 Å². The summed E-state index contributed by atoms with van der Waals surface area (Å²) >= 11 is 0. The SMILES string of the molecule is COc1ccc(C#CCCO)c(COCCC(C)(C)C)c1. The molecule has 0 aliphatic carbocycles. The summed E-state index contributed by atoms with van der Waals surface area (Å²) in [6.07, 6.45) is 1.50. The van der Waals surface area contributed by atoms with E-state index < -0.39 is 0 Å². The van der Waals surface area contributed by atoms with Gasteiger partial charge in [0.1, 0.15) is 5.75 Å². The van der Waals surface area contributed by atoms with Gasteiger partial charge in [-0.15, -0.1) is 0 Å². The minimum absolute atomic E-state index is 0.0839. The number of methoxy groups -OCH3 is 1. The van der Waals surface area contributed by atoms with Crippen molar-refractivity contribution in [1.29, 1.82) is 0 Å². The third kappa shape index (κ3) is 7.17. The van der Waals surface area contributed by atoms with Crippen LogP contribution in [0, 0.1) is 17.3 Å². The molecule has 0 saturated heterocycles. The first-order valence-electron chi connectivity index (χ1n) is 7.30. The molecule has 0 atom stereocenters. The molecule has 3 nitrogen and oxygen atoms in total. The van der Waals surface area contributed by atoms with Crippen LogP contribution in [0.3, 0.4) is 0 Å². The lowest BCUT2D eigenvalue weighted by molar-refractivity contribution is 0.0960. The number of aliphatic hydroxyl groups is 1. The summed E-state index contributed by atoms with van der Waals surface area (Å²) < 4.78 is 11.0. The molecule has 3 heteroatoms. The monoisotopic (exact) mass is 290 g/mol. The third-order valence-electron chi connectivity index (χ3n) is 3.03. The van der Waals surface area contributed by atoms with Gasteiger partial charge in [0.2, 0.25) is 0 Å². The first-order chi connectivity index (χ1) is 9.96. The largest absolute Gasteiger partial charge is 0.497 e. The smallest absolute Gasteiger partial charge is 0.119 e. The first-order valence-corrected chi connectivity index (χ1v) is 7.30. The molecule has 0 saturated carbocycles. The van der Waals surface area contributed by atoms with Gasteiger partial charge in [-0.25, -0.2) is 0 Å². The minimum atomic E-state index is 0.0839. The normalized spacial score (nSPS) is 10.9. The van der Waals surface area contributed by atoms with E-state index in [0.717, 1.165) is 29.9 Å². The maximum atomic E-state index is 8.80. The number of rotatable bonds is 6. The highest BCUT2D eigenvalue weighted by atomic mass is 16.5. The molecule has 0 aliphatic heterocycles. The van der Waals surface area contributed by atoms with Crippen molar-refractivity contribution in [1.82, 2.24) is 0 Å². The van der Waals surface area contributed by atoms with Crippen LogP contribution >= 0.6 is 0 Å². The maximum Gasteiger partial charge on any atom is 0.119 e. The van der Waals surface area contributed by atoms with Crippen LogP contribution < -0.4 is 4.74 Å². The molecule has 1 rings (SSSR count). The van der Waals surface area contributed by atoms with E-state index in [-0.39, 0.29) is 12.0 Å². The average Bonchev–Trinajstić information content (AvgIpc) is 2.44. The third-order valence-corrected chi connectivity index (χ3v) is 3.03. The van der Waals surface area contributed by atoms with E-state index in [4.69, 9.17) is 14.6 Å². The fourth-order valence-corrected chi connectivity index (χ4v) is 1.71. The molecular formula is C18H26O3. The highest BCUT2D eigenvalue weighted by Crippen LogP contribution is 2.20. The highest BCUT2D eigenvalue weighted by molar-refractivity contribution is 5.45. The topological polar surface area (TPSA) is 38.7 Å². The number of hydrogen-bond acceptors (Lipinski definition) is 3. The van der Waals surface area contributed by atoms with Crippen LogP contribution in [0.15, 0.2) is 18.2 Å². The van der Waals surface area contributed by atoms with Crippen molar-refractivity contribution in [2.75, 3.05) is 20.3 Å². The van der Waals surface area contributed by atoms with Gasteiger partial charge in [0.15, 0.2) is 0 Å². The number of benzene rings is 1. The quantitative estimate of drug-likeness (QED) is 0.645. The molecule has 0 aromatic heterocycles. The second-order valence-electron chi connectivity index (χ2n) is 6.16. The molecule has 1 aromatic carbocycles. The number of ether oxygens (including phenoxy) is 2. The van der Waals surface area contributed by atoms with E-state index in [9.17, 15) is 0 Å². The molecule has 0 unspecified atom stereocenters. The molecule has 0 radical (unpaired) electrons. The molecule has 21 heavy (non-hydrogen) atoms. The zero-order valence-corrected chi connectivity index (χ0v) is 13.5. The van der Waals surface area contributed by atoms with E-state index in [1.165, 1.54) is 0 Å². The predicted octanol–water partition coefficient (Wildman–Crippen LogP) is 3.38. The van der Waals surface area contributed by atoms with Crippen LogP contribution in [-0.2, 0) is 11.3 Å².